The molecule has 100 valence electrons. The number of aliphatic hydroxyl groups excluding tert-OH is 1. The van der Waals surface area contributed by atoms with Gasteiger partial charge in [-0.2, -0.15) is 0 Å². The molecule has 0 aromatic heterocycles. The van der Waals surface area contributed by atoms with Crippen molar-refractivity contribution >= 4 is 15.9 Å². The molecule has 1 heterocycles. The molecule has 0 aliphatic carbocycles. The van der Waals surface area contributed by atoms with Crippen LogP contribution in [0.1, 0.15) is 5.56 Å². The number of halogens is 3. The van der Waals surface area contributed by atoms with Gasteiger partial charge in [-0.25, -0.2) is 8.78 Å². The number of benzene rings is 1. The van der Waals surface area contributed by atoms with Gasteiger partial charge in [0.25, 0.3) is 5.92 Å². The summed E-state index contributed by atoms with van der Waals surface area (Å²) in [6.45, 7) is -1.34. The van der Waals surface area contributed by atoms with Crippen LogP contribution < -0.4 is 10.1 Å². The summed E-state index contributed by atoms with van der Waals surface area (Å²) in [5, 5.41) is 11.1. The molecule has 0 amide bonds. The Morgan fingerprint density at radius 1 is 1.50 bits per heavy atom. The maximum Gasteiger partial charge on any atom is 0.282 e. The third kappa shape index (κ3) is 3.40. The van der Waals surface area contributed by atoms with Crippen LogP contribution in [0.15, 0.2) is 22.7 Å². The molecule has 0 spiro atoms. The normalized spacial score (nSPS) is 18.6. The second-order valence-electron chi connectivity index (χ2n) is 4.34. The Hall–Kier alpha value is -0.720. The molecule has 1 aromatic carbocycles. The zero-order valence-electron chi connectivity index (χ0n) is 9.63. The van der Waals surface area contributed by atoms with Crippen LogP contribution in [-0.2, 0) is 6.42 Å². The Labute approximate surface area is 112 Å². The van der Waals surface area contributed by atoms with Crippen molar-refractivity contribution in [2.45, 2.75) is 18.4 Å². The molecule has 0 radical (unpaired) electrons. The second-order valence-corrected chi connectivity index (χ2v) is 5.26. The lowest BCUT2D eigenvalue weighted by atomic mass is 10.1. The molecule has 6 heteroatoms. The third-order valence-electron chi connectivity index (χ3n) is 2.75. The highest BCUT2D eigenvalue weighted by Gasteiger charge is 2.28. The largest absolute Gasteiger partial charge is 0.488 e. The summed E-state index contributed by atoms with van der Waals surface area (Å²) in [5.41, 5.74) is 1.07. The zero-order chi connectivity index (χ0) is 13.2. The molecule has 1 unspecified atom stereocenters. The molecule has 1 aromatic rings. The number of ether oxygens (including phenoxy) is 1. The highest BCUT2D eigenvalue weighted by Crippen LogP contribution is 2.30. The minimum atomic E-state index is -3.07. The number of hydrogen-bond acceptors (Lipinski definition) is 3. The van der Waals surface area contributed by atoms with Gasteiger partial charge in [0.15, 0.2) is 0 Å². The summed E-state index contributed by atoms with van der Waals surface area (Å²) in [6, 6.07) is 5.72. The molecule has 1 aliphatic heterocycles. The predicted molar refractivity (Wildman–Crippen MR) is 67.2 cm³/mol. The molecule has 0 fully saturated rings. The topological polar surface area (TPSA) is 41.5 Å². The molecule has 1 aliphatic rings. The van der Waals surface area contributed by atoms with Crippen molar-refractivity contribution in [2.75, 3.05) is 19.7 Å². The van der Waals surface area contributed by atoms with Crippen LogP contribution in [0.25, 0.3) is 0 Å². The minimum absolute atomic E-state index is 0.135. The Balaban J connectivity index is 1.81. The van der Waals surface area contributed by atoms with Crippen molar-refractivity contribution < 1.29 is 18.6 Å². The van der Waals surface area contributed by atoms with Gasteiger partial charge in [0, 0.05) is 17.4 Å². The van der Waals surface area contributed by atoms with Crippen molar-refractivity contribution in [1.29, 1.82) is 0 Å². The minimum Gasteiger partial charge on any atom is -0.488 e. The van der Waals surface area contributed by atoms with Crippen LogP contribution in [0, 0.1) is 0 Å². The highest BCUT2D eigenvalue weighted by molar-refractivity contribution is 9.10. The second kappa shape index (κ2) is 5.50. The summed E-state index contributed by atoms with van der Waals surface area (Å²) in [4.78, 5) is 0. The summed E-state index contributed by atoms with van der Waals surface area (Å²) >= 11 is 3.37. The van der Waals surface area contributed by atoms with Gasteiger partial charge in [-0.15, -0.1) is 0 Å². The summed E-state index contributed by atoms with van der Waals surface area (Å²) in [7, 11) is 0. The molecule has 0 saturated carbocycles. The van der Waals surface area contributed by atoms with Crippen LogP contribution in [0.4, 0.5) is 8.78 Å². The van der Waals surface area contributed by atoms with Gasteiger partial charge in [0.1, 0.15) is 18.5 Å². The lowest BCUT2D eigenvalue weighted by Gasteiger charge is -2.16. The number of nitrogens with one attached hydrogen (secondary N) is 1. The Bertz CT molecular complexity index is 429. The van der Waals surface area contributed by atoms with E-state index >= 15 is 0 Å². The average molecular weight is 322 g/mol. The molecule has 3 nitrogen and oxygen atoms in total. The molecule has 0 saturated heterocycles. The number of hydrogen-bond donors (Lipinski definition) is 2. The van der Waals surface area contributed by atoms with E-state index in [1.165, 1.54) is 0 Å². The summed E-state index contributed by atoms with van der Waals surface area (Å²) in [5.74, 6) is -2.27. The quantitative estimate of drug-likeness (QED) is 0.871. The fraction of sp³-hybridized carbons (Fsp3) is 0.500. The Morgan fingerprint density at radius 3 is 3.00 bits per heavy atom. The molecule has 0 bridgehead atoms. The van der Waals surface area contributed by atoms with E-state index in [1.54, 1.807) is 0 Å². The van der Waals surface area contributed by atoms with Crippen LogP contribution in [0.2, 0.25) is 0 Å². The van der Waals surface area contributed by atoms with E-state index in [2.05, 4.69) is 21.2 Å². The van der Waals surface area contributed by atoms with Crippen molar-refractivity contribution in [1.82, 2.24) is 5.32 Å². The van der Waals surface area contributed by atoms with Crippen molar-refractivity contribution in [3.63, 3.8) is 0 Å². The molecular formula is C12H14BrF2NO2. The Kier molecular flexibility index (Phi) is 4.19. The van der Waals surface area contributed by atoms with E-state index in [-0.39, 0.29) is 6.10 Å². The first-order valence-electron chi connectivity index (χ1n) is 5.65. The van der Waals surface area contributed by atoms with Gasteiger partial charge >= 0.3 is 0 Å². The van der Waals surface area contributed by atoms with Crippen molar-refractivity contribution in [3.8, 4) is 5.75 Å². The van der Waals surface area contributed by atoms with E-state index in [9.17, 15) is 8.78 Å². The van der Waals surface area contributed by atoms with Gasteiger partial charge in [0.05, 0.1) is 6.54 Å². The predicted octanol–water partition coefficient (Wildman–Crippen LogP) is 1.97. The fourth-order valence-corrected chi connectivity index (χ4v) is 2.28. The van der Waals surface area contributed by atoms with Crippen molar-refractivity contribution in [2.24, 2.45) is 0 Å². The standard InChI is InChI=1S/C12H14BrF2NO2/c13-9-1-2-11-8(3-9)4-10(18-11)5-16-6-12(14,15)7-17/h1-3,10,16-17H,4-7H2. The average Bonchev–Trinajstić information content (AvgIpc) is 2.70. The Morgan fingerprint density at radius 2 is 2.28 bits per heavy atom. The fourth-order valence-electron chi connectivity index (χ4n) is 1.87. The van der Waals surface area contributed by atoms with E-state index < -0.39 is 19.1 Å². The molecule has 1 atom stereocenters. The molecule has 18 heavy (non-hydrogen) atoms. The first-order valence-corrected chi connectivity index (χ1v) is 6.44. The summed E-state index contributed by atoms with van der Waals surface area (Å²) in [6.07, 6.45) is 0.565. The molecular weight excluding hydrogens is 308 g/mol. The summed E-state index contributed by atoms with van der Waals surface area (Å²) < 4.78 is 32.2. The SMILES string of the molecule is OCC(F)(F)CNCC1Cc2cc(Br)ccc2O1. The first kappa shape index (κ1) is 13.7. The number of aliphatic hydroxyl groups is 1. The first-order chi connectivity index (χ1) is 8.50. The van der Waals surface area contributed by atoms with Gasteiger partial charge in [-0.1, -0.05) is 15.9 Å². The van der Waals surface area contributed by atoms with Crippen LogP contribution in [-0.4, -0.2) is 36.8 Å². The van der Waals surface area contributed by atoms with E-state index in [0.29, 0.717) is 13.0 Å². The monoisotopic (exact) mass is 321 g/mol. The smallest absolute Gasteiger partial charge is 0.282 e. The van der Waals surface area contributed by atoms with E-state index in [1.807, 2.05) is 18.2 Å². The van der Waals surface area contributed by atoms with Gasteiger partial charge < -0.3 is 15.2 Å². The van der Waals surface area contributed by atoms with Crippen LogP contribution >= 0.6 is 15.9 Å². The van der Waals surface area contributed by atoms with Gasteiger partial charge in [0.2, 0.25) is 0 Å². The van der Waals surface area contributed by atoms with Crippen LogP contribution in [0.5, 0.6) is 5.75 Å². The highest BCUT2D eigenvalue weighted by atomic mass is 79.9. The lowest BCUT2D eigenvalue weighted by molar-refractivity contribution is -0.0484. The van der Waals surface area contributed by atoms with E-state index in [0.717, 1.165) is 15.8 Å². The number of fused-ring (bicyclic) bond motifs is 1. The maximum atomic E-state index is 12.8. The third-order valence-corrected chi connectivity index (χ3v) is 3.24. The van der Waals surface area contributed by atoms with Crippen molar-refractivity contribution in [3.05, 3.63) is 28.2 Å². The zero-order valence-corrected chi connectivity index (χ0v) is 11.2. The van der Waals surface area contributed by atoms with E-state index in [4.69, 9.17) is 9.84 Å². The number of alkyl halides is 2. The van der Waals surface area contributed by atoms with Gasteiger partial charge in [-0.05, 0) is 23.8 Å². The number of rotatable bonds is 5. The lowest BCUT2D eigenvalue weighted by Crippen LogP contribution is -2.40. The van der Waals surface area contributed by atoms with Gasteiger partial charge in [-0.3, -0.25) is 0 Å². The molecule has 2 rings (SSSR count). The molecule has 2 N–H and O–H groups in total. The van der Waals surface area contributed by atoms with Crippen LogP contribution in [0.3, 0.4) is 0 Å². The maximum absolute atomic E-state index is 12.8.